The maximum absolute atomic E-state index is 13.8. The van der Waals surface area contributed by atoms with Crippen LogP contribution in [0.1, 0.15) is 11.3 Å². The van der Waals surface area contributed by atoms with Gasteiger partial charge in [0.25, 0.3) is 0 Å². The Labute approximate surface area is 147 Å². The van der Waals surface area contributed by atoms with Crippen molar-refractivity contribution in [2.75, 3.05) is 18.4 Å². The Balaban J connectivity index is 2.47. The fourth-order valence-corrected chi connectivity index (χ4v) is 2.85. The summed E-state index contributed by atoms with van der Waals surface area (Å²) in [6, 6.07) is 9.90. The van der Waals surface area contributed by atoms with Crippen molar-refractivity contribution in [3.8, 4) is 11.3 Å². The van der Waals surface area contributed by atoms with Gasteiger partial charge in [-0.05, 0) is 6.92 Å². The number of alkyl halides is 3. The lowest BCUT2D eigenvalue weighted by molar-refractivity contribution is -0.136. The predicted molar refractivity (Wildman–Crippen MR) is 95.1 cm³/mol. The molecule has 2 aromatic heterocycles. The fourth-order valence-electron chi connectivity index (χ4n) is 2.85. The Morgan fingerprint density at radius 1 is 1.23 bits per heavy atom. The van der Waals surface area contributed by atoms with E-state index in [0.29, 0.717) is 11.3 Å². The molecule has 8 heteroatoms. The predicted octanol–water partition coefficient (Wildman–Crippen LogP) is 3.29. The van der Waals surface area contributed by atoms with Crippen LogP contribution >= 0.6 is 0 Å². The number of nitrogens with zero attached hydrogens (tertiary/aromatic N) is 1. The monoisotopic (exact) mass is 362 g/mol. The zero-order valence-electron chi connectivity index (χ0n) is 13.9. The Hall–Kier alpha value is -2.87. The number of halogens is 3. The highest BCUT2D eigenvalue weighted by atomic mass is 19.4. The van der Waals surface area contributed by atoms with E-state index < -0.39 is 17.2 Å². The van der Waals surface area contributed by atoms with E-state index in [1.807, 2.05) is 0 Å². The quantitative estimate of drug-likeness (QED) is 0.665. The number of rotatable bonds is 4. The Bertz CT molecular complexity index is 997. The average Bonchev–Trinajstić information content (AvgIpc) is 2.58. The number of nitrogens with two attached hydrogens (primary N) is 1. The summed E-state index contributed by atoms with van der Waals surface area (Å²) < 4.78 is 41.3. The van der Waals surface area contributed by atoms with E-state index in [1.54, 1.807) is 30.3 Å². The third kappa shape index (κ3) is 3.28. The number of aryl methyl sites for hydroxylation is 1. The average molecular weight is 362 g/mol. The first kappa shape index (κ1) is 17.9. The molecule has 3 aromatic rings. The van der Waals surface area contributed by atoms with Gasteiger partial charge in [-0.2, -0.15) is 13.2 Å². The molecule has 2 heterocycles. The maximum atomic E-state index is 13.8. The van der Waals surface area contributed by atoms with E-state index in [4.69, 9.17) is 5.73 Å². The molecule has 0 aliphatic heterocycles. The highest BCUT2D eigenvalue weighted by Crippen LogP contribution is 2.40. The van der Waals surface area contributed by atoms with Crippen LogP contribution in [0.15, 0.2) is 41.2 Å². The molecule has 1 aromatic carbocycles. The number of nitrogens with one attached hydrogen (secondary N) is 2. The van der Waals surface area contributed by atoms with Crippen molar-refractivity contribution in [3.05, 3.63) is 57.9 Å². The maximum Gasteiger partial charge on any atom is 0.421 e. The molecule has 0 saturated carbocycles. The zero-order chi connectivity index (χ0) is 18.9. The number of H-pyrrole nitrogens is 1. The summed E-state index contributed by atoms with van der Waals surface area (Å²) >= 11 is 0. The van der Waals surface area contributed by atoms with Gasteiger partial charge < -0.3 is 16.0 Å². The molecule has 3 rings (SSSR count). The second kappa shape index (κ2) is 6.80. The van der Waals surface area contributed by atoms with Gasteiger partial charge in [0, 0.05) is 30.4 Å². The van der Waals surface area contributed by atoms with Crippen molar-refractivity contribution in [2.24, 2.45) is 5.73 Å². The second-order valence-corrected chi connectivity index (χ2v) is 5.83. The number of hydrogen-bond acceptors (Lipinski definition) is 4. The molecule has 0 bridgehead atoms. The summed E-state index contributed by atoms with van der Waals surface area (Å²) in [7, 11) is 0. The zero-order valence-corrected chi connectivity index (χ0v) is 13.9. The number of aromatic amines is 1. The van der Waals surface area contributed by atoms with Crippen molar-refractivity contribution in [1.82, 2.24) is 9.97 Å². The Morgan fingerprint density at radius 3 is 2.54 bits per heavy atom. The van der Waals surface area contributed by atoms with Crippen molar-refractivity contribution in [3.63, 3.8) is 0 Å². The lowest BCUT2D eigenvalue weighted by Gasteiger charge is -2.18. The van der Waals surface area contributed by atoms with Gasteiger partial charge in [0.15, 0.2) is 5.43 Å². The molecular formula is C18H17F3N4O. The summed E-state index contributed by atoms with van der Waals surface area (Å²) in [5, 5.41) is 2.54. The van der Waals surface area contributed by atoms with Crippen LogP contribution in [-0.2, 0) is 6.18 Å². The van der Waals surface area contributed by atoms with Gasteiger partial charge in [-0.15, -0.1) is 0 Å². The largest absolute Gasteiger partial charge is 0.421 e. The Kier molecular flexibility index (Phi) is 4.69. The standard InChI is InChI=1S/C18H17F3N4O/c1-10-9-12(26)13-15(11-5-3-2-4-6-11)25-17(23-8-7-22)14(16(13)24-10)18(19,20)21/h2-6,9H,7-8,22H2,1H3,(H,23,25)(H,24,26). The van der Waals surface area contributed by atoms with Gasteiger partial charge in [0.1, 0.15) is 11.4 Å². The molecule has 0 aliphatic rings. The van der Waals surface area contributed by atoms with Gasteiger partial charge in [0.05, 0.1) is 16.6 Å². The molecule has 0 spiro atoms. The highest BCUT2D eigenvalue weighted by Gasteiger charge is 2.38. The molecule has 0 saturated heterocycles. The second-order valence-electron chi connectivity index (χ2n) is 5.83. The topological polar surface area (TPSA) is 83.8 Å². The SMILES string of the molecule is Cc1cc(=O)c2c(-c3ccccc3)nc(NCCN)c(C(F)(F)F)c2[nH]1. The third-order valence-corrected chi connectivity index (χ3v) is 3.88. The van der Waals surface area contributed by atoms with Crippen LogP contribution in [0.5, 0.6) is 0 Å². The van der Waals surface area contributed by atoms with Crippen LogP contribution in [-0.4, -0.2) is 23.1 Å². The first-order valence-corrected chi connectivity index (χ1v) is 7.97. The van der Waals surface area contributed by atoms with Gasteiger partial charge in [-0.25, -0.2) is 4.98 Å². The smallest absolute Gasteiger partial charge is 0.368 e. The van der Waals surface area contributed by atoms with Crippen molar-refractivity contribution < 1.29 is 13.2 Å². The van der Waals surface area contributed by atoms with E-state index in [0.717, 1.165) is 0 Å². The molecule has 5 nitrogen and oxygen atoms in total. The highest BCUT2D eigenvalue weighted by molar-refractivity contribution is 5.97. The van der Waals surface area contributed by atoms with Gasteiger partial charge in [0.2, 0.25) is 0 Å². The summed E-state index contributed by atoms with van der Waals surface area (Å²) in [6.07, 6.45) is -4.70. The normalized spacial score (nSPS) is 11.7. The van der Waals surface area contributed by atoms with E-state index in [2.05, 4.69) is 15.3 Å². The fraction of sp³-hybridized carbons (Fsp3) is 0.222. The lowest BCUT2D eigenvalue weighted by Crippen LogP contribution is -2.20. The molecular weight excluding hydrogens is 345 g/mol. The van der Waals surface area contributed by atoms with Crippen LogP contribution < -0.4 is 16.5 Å². The van der Waals surface area contributed by atoms with Crippen LogP contribution in [0.3, 0.4) is 0 Å². The summed E-state index contributed by atoms with van der Waals surface area (Å²) in [5.41, 5.74) is 4.70. The minimum absolute atomic E-state index is 0.0903. The van der Waals surface area contributed by atoms with E-state index >= 15 is 0 Å². The number of fused-ring (bicyclic) bond motifs is 1. The molecule has 0 radical (unpaired) electrons. The van der Waals surface area contributed by atoms with Crippen molar-refractivity contribution >= 4 is 16.7 Å². The molecule has 0 unspecified atom stereocenters. The van der Waals surface area contributed by atoms with E-state index in [1.165, 1.54) is 13.0 Å². The molecule has 0 aliphatic carbocycles. The summed E-state index contributed by atoms with van der Waals surface area (Å²) in [5.74, 6) is -0.351. The molecule has 0 fully saturated rings. The summed E-state index contributed by atoms with van der Waals surface area (Å²) in [4.78, 5) is 19.4. The first-order chi connectivity index (χ1) is 12.3. The molecule has 0 amide bonds. The van der Waals surface area contributed by atoms with Crippen LogP contribution in [0.4, 0.5) is 19.0 Å². The minimum atomic E-state index is -4.70. The lowest BCUT2D eigenvalue weighted by atomic mass is 10.0. The van der Waals surface area contributed by atoms with Gasteiger partial charge in [-0.1, -0.05) is 30.3 Å². The third-order valence-electron chi connectivity index (χ3n) is 3.88. The molecule has 4 N–H and O–H groups in total. The number of hydrogen-bond donors (Lipinski definition) is 3. The number of aromatic nitrogens is 2. The summed E-state index contributed by atoms with van der Waals surface area (Å²) in [6.45, 7) is 1.80. The van der Waals surface area contributed by atoms with Crippen LogP contribution in [0.2, 0.25) is 0 Å². The van der Waals surface area contributed by atoms with Gasteiger partial charge >= 0.3 is 6.18 Å². The number of benzene rings is 1. The molecule has 26 heavy (non-hydrogen) atoms. The van der Waals surface area contributed by atoms with Crippen LogP contribution in [0, 0.1) is 6.92 Å². The van der Waals surface area contributed by atoms with Crippen molar-refractivity contribution in [1.29, 1.82) is 0 Å². The number of pyridine rings is 2. The Morgan fingerprint density at radius 2 is 1.92 bits per heavy atom. The minimum Gasteiger partial charge on any atom is -0.368 e. The van der Waals surface area contributed by atoms with Gasteiger partial charge in [-0.3, -0.25) is 4.79 Å². The molecule has 0 atom stereocenters. The van der Waals surface area contributed by atoms with E-state index in [-0.39, 0.29) is 35.5 Å². The van der Waals surface area contributed by atoms with Crippen LogP contribution in [0.25, 0.3) is 22.2 Å². The van der Waals surface area contributed by atoms with E-state index in [9.17, 15) is 18.0 Å². The first-order valence-electron chi connectivity index (χ1n) is 7.97. The number of anilines is 1. The van der Waals surface area contributed by atoms with Crippen molar-refractivity contribution in [2.45, 2.75) is 13.1 Å². The molecule has 136 valence electrons.